The third kappa shape index (κ3) is 4.57. The summed E-state index contributed by atoms with van der Waals surface area (Å²) < 4.78 is 0. The van der Waals surface area contributed by atoms with Gasteiger partial charge >= 0.3 is 0 Å². The molecule has 0 aliphatic rings. The van der Waals surface area contributed by atoms with Crippen molar-refractivity contribution >= 4 is 0 Å². The third-order valence-corrected chi connectivity index (χ3v) is 1.47. The summed E-state index contributed by atoms with van der Waals surface area (Å²) in [4.78, 5) is 0. The molecule has 0 aromatic rings. The van der Waals surface area contributed by atoms with Crippen molar-refractivity contribution in [1.29, 1.82) is 0 Å². The van der Waals surface area contributed by atoms with E-state index in [2.05, 4.69) is 26.5 Å². The fourth-order valence-electron chi connectivity index (χ4n) is 0.571. The van der Waals surface area contributed by atoms with Crippen molar-refractivity contribution in [2.24, 2.45) is 5.73 Å². The minimum Gasteiger partial charge on any atom is -0.327 e. The average Bonchev–Trinajstić information content (AvgIpc) is 1.98. The van der Waals surface area contributed by atoms with Gasteiger partial charge in [-0.15, -0.1) is 0 Å². The quantitative estimate of drug-likeness (QED) is 0.616. The summed E-state index contributed by atoms with van der Waals surface area (Å²) in [6.07, 6.45) is 4.11. The van der Waals surface area contributed by atoms with Gasteiger partial charge in [0.1, 0.15) is 0 Å². The van der Waals surface area contributed by atoms with Crippen LogP contribution in [0.3, 0.4) is 0 Å². The van der Waals surface area contributed by atoms with Crippen LogP contribution in [0.15, 0.2) is 35.5 Å². The van der Waals surface area contributed by atoms with Crippen molar-refractivity contribution in [3.8, 4) is 0 Å². The minimum atomic E-state index is 0.541. The van der Waals surface area contributed by atoms with Gasteiger partial charge in [-0.05, 0) is 31.9 Å². The number of hydrogen-bond acceptors (Lipinski definition) is 1. The molecule has 62 valence electrons. The summed E-state index contributed by atoms with van der Waals surface area (Å²) in [5.74, 6) is 0. The molecule has 0 aromatic carbocycles. The van der Waals surface area contributed by atoms with Crippen LogP contribution in [0.1, 0.15) is 20.8 Å². The third-order valence-electron chi connectivity index (χ3n) is 1.47. The first kappa shape index (κ1) is 10.2. The van der Waals surface area contributed by atoms with Crippen LogP contribution in [0.25, 0.3) is 0 Å². The Balaban J connectivity index is 4.23. The molecule has 0 rings (SSSR count). The average molecular weight is 151 g/mol. The molecule has 0 heterocycles. The summed E-state index contributed by atoms with van der Waals surface area (Å²) in [6, 6.07) is 0. The number of nitrogens with two attached hydrogens (primary N) is 1. The Kier molecular flexibility index (Phi) is 4.55. The van der Waals surface area contributed by atoms with Crippen LogP contribution in [0.4, 0.5) is 0 Å². The van der Waals surface area contributed by atoms with Crippen LogP contribution in [0.5, 0.6) is 0 Å². The zero-order chi connectivity index (χ0) is 8.85. The van der Waals surface area contributed by atoms with E-state index in [0.29, 0.717) is 6.54 Å². The van der Waals surface area contributed by atoms with Gasteiger partial charge in [0, 0.05) is 6.54 Å². The maximum atomic E-state index is 5.42. The minimum absolute atomic E-state index is 0.541. The molecule has 0 saturated carbocycles. The number of rotatable bonds is 3. The second-order valence-corrected chi connectivity index (χ2v) is 2.90. The Labute approximate surface area is 69.3 Å². The molecule has 0 aromatic heterocycles. The van der Waals surface area contributed by atoms with Crippen LogP contribution in [0.2, 0.25) is 0 Å². The standard InChI is InChI=1S/C10H17N/c1-8(2)5-6-9(3)10(4)7-11/h5-6H,4,7,11H2,1-3H3/b9-6-. The smallest absolute Gasteiger partial charge is 0.0174 e. The lowest BCUT2D eigenvalue weighted by Crippen LogP contribution is -2.02. The SMILES string of the molecule is C=C(CN)/C(C)=C\C=C(C)C. The summed E-state index contributed by atoms with van der Waals surface area (Å²) in [6.45, 7) is 10.5. The van der Waals surface area contributed by atoms with E-state index in [4.69, 9.17) is 5.73 Å². The summed E-state index contributed by atoms with van der Waals surface area (Å²) in [5.41, 5.74) is 8.87. The maximum Gasteiger partial charge on any atom is 0.0174 e. The molecule has 0 radical (unpaired) electrons. The molecule has 0 fully saturated rings. The second-order valence-electron chi connectivity index (χ2n) is 2.90. The second kappa shape index (κ2) is 4.91. The van der Waals surface area contributed by atoms with Crippen LogP contribution < -0.4 is 5.73 Å². The first-order chi connectivity index (χ1) is 5.07. The Hall–Kier alpha value is -0.820. The Morgan fingerprint density at radius 3 is 2.18 bits per heavy atom. The van der Waals surface area contributed by atoms with Gasteiger partial charge < -0.3 is 5.73 Å². The monoisotopic (exact) mass is 151 g/mol. The van der Waals surface area contributed by atoms with Crippen LogP contribution in [0, 0.1) is 0 Å². The van der Waals surface area contributed by atoms with Gasteiger partial charge in [0.05, 0.1) is 0 Å². The van der Waals surface area contributed by atoms with Gasteiger partial charge in [-0.1, -0.05) is 24.3 Å². The highest BCUT2D eigenvalue weighted by Crippen LogP contribution is 2.05. The highest BCUT2D eigenvalue weighted by Gasteiger charge is 1.90. The lowest BCUT2D eigenvalue weighted by atomic mass is 10.1. The molecule has 0 unspecified atom stereocenters. The molecule has 2 N–H and O–H groups in total. The highest BCUT2D eigenvalue weighted by molar-refractivity contribution is 5.31. The molecule has 0 bridgehead atoms. The zero-order valence-corrected chi connectivity index (χ0v) is 7.65. The van der Waals surface area contributed by atoms with Crippen molar-refractivity contribution in [3.63, 3.8) is 0 Å². The van der Waals surface area contributed by atoms with Crippen molar-refractivity contribution in [3.05, 3.63) is 35.5 Å². The normalized spacial score (nSPS) is 11.1. The van der Waals surface area contributed by atoms with Gasteiger partial charge in [0.25, 0.3) is 0 Å². The lowest BCUT2D eigenvalue weighted by Gasteiger charge is -1.99. The number of allylic oxidation sites excluding steroid dienone is 3. The topological polar surface area (TPSA) is 26.0 Å². The van der Waals surface area contributed by atoms with Gasteiger partial charge in [0.2, 0.25) is 0 Å². The van der Waals surface area contributed by atoms with E-state index in [1.807, 2.05) is 13.0 Å². The van der Waals surface area contributed by atoms with Crippen molar-refractivity contribution in [2.75, 3.05) is 6.54 Å². The van der Waals surface area contributed by atoms with Crippen molar-refractivity contribution < 1.29 is 0 Å². The van der Waals surface area contributed by atoms with E-state index >= 15 is 0 Å². The van der Waals surface area contributed by atoms with Crippen LogP contribution in [-0.4, -0.2) is 6.54 Å². The van der Waals surface area contributed by atoms with Gasteiger partial charge in [-0.3, -0.25) is 0 Å². The molecule has 1 heteroatoms. The first-order valence-electron chi connectivity index (χ1n) is 3.78. The van der Waals surface area contributed by atoms with E-state index in [9.17, 15) is 0 Å². The molecular formula is C10H17N. The fraction of sp³-hybridized carbons (Fsp3) is 0.400. The molecule has 1 nitrogen and oxygen atoms in total. The number of hydrogen-bond donors (Lipinski definition) is 1. The zero-order valence-electron chi connectivity index (χ0n) is 7.65. The van der Waals surface area contributed by atoms with E-state index < -0.39 is 0 Å². The predicted octanol–water partition coefficient (Wildman–Crippen LogP) is 2.41. The van der Waals surface area contributed by atoms with Crippen LogP contribution >= 0.6 is 0 Å². The predicted molar refractivity (Wildman–Crippen MR) is 51.4 cm³/mol. The first-order valence-corrected chi connectivity index (χ1v) is 3.78. The molecule has 0 saturated heterocycles. The highest BCUT2D eigenvalue weighted by atomic mass is 14.5. The van der Waals surface area contributed by atoms with E-state index in [0.717, 1.165) is 11.1 Å². The lowest BCUT2D eigenvalue weighted by molar-refractivity contribution is 1.15. The largest absolute Gasteiger partial charge is 0.327 e. The van der Waals surface area contributed by atoms with E-state index in [-0.39, 0.29) is 0 Å². The van der Waals surface area contributed by atoms with Crippen molar-refractivity contribution in [1.82, 2.24) is 0 Å². The van der Waals surface area contributed by atoms with E-state index in [1.165, 1.54) is 5.57 Å². The summed E-state index contributed by atoms with van der Waals surface area (Å²) in [5, 5.41) is 0. The molecular weight excluding hydrogens is 134 g/mol. The Morgan fingerprint density at radius 1 is 1.27 bits per heavy atom. The molecule has 0 amide bonds. The Morgan fingerprint density at radius 2 is 1.82 bits per heavy atom. The maximum absolute atomic E-state index is 5.42. The Bertz CT molecular complexity index is 193. The molecule has 0 spiro atoms. The molecule has 0 aliphatic carbocycles. The summed E-state index contributed by atoms with van der Waals surface area (Å²) >= 11 is 0. The van der Waals surface area contributed by atoms with Gasteiger partial charge in [0.15, 0.2) is 0 Å². The molecule has 0 aliphatic heterocycles. The molecule has 0 atom stereocenters. The molecule has 11 heavy (non-hydrogen) atoms. The van der Waals surface area contributed by atoms with E-state index in [1.54, 1.807) is 0 Å². The van der Waals surface area contributed by atoms with Crippen molar-refractivity contribution in [2.45, 2.75) is 20.8 Å². The van der Waals surface area contributed by atoms with Crippen LogP contribution in [-0.2, 0) is 0 Å². The van der Waals surface area contributed by atoms with Gasteiger partial charge in [-0.2, -0.15) is 0 Å². The fourth-order valence-corrected chi connectivity index (χ4v) is 0.571. The summed E-state index contributed by atoms with van der Waals surface area (Å²) in [7, 11) is 0. The van der Waals surface area contributed by atoms with Gasteiger partial charge in [-0.25, -0.2) is 0 Å².